The Bertz CT molecular complexity index is 781. The van der Waals surface area contributed by atoms with Crippen molar-refractivity contribution in [1.29, 1.82) is 0 Å². The topological polar surface area (TPSA) is 179 Å². The standard InChI is InChI=1S/3C7H6O3.N/c3*8-7(9)10-6-4-2-1-3-5-6;/h3*1-5H,(H,8,9);/q;;;+3/p-3. The lowest BCUT2D eigenvalue weighted by molar-refractivity contribution is -0.272. The summed E-state index contributed by atoms with van der Waals surface area (Å²) in [6, 6.07) is 24.6. The van der Waals surface area contributed by atoms with Gasteiger partial charge < -0.3 is 43.9 Å². The van der Waals surface area contributed by atoms with Crippen molar-refractivity contribution in [3.05, 3.63) is 91.0 Å². The maximum Gasteiger partial charge on any atom is 3.00 e. The normalized spacial score (nSPS) is 8.52. The summed E-state index contributed by atoms with van der Waals surface area (Å²) in [5, 5.41) is 29.5. The van der Waals surface area contributed by atoms with Crippen molar-refractivity contribution in [3.63, 3.8) is 0 Å². The second kappa shape index (κ2) is 15.1. The molecule has 0 amide bonds. The molecule has 0 saturated carbocycles. The minimum atomic E-state index is -1.54. The number of rotatable bonds is 3. The first kappa shape index (κ1) is 26.2. The first-order chi connectivity index (χ1) is 14.4. The Labute approximate surface area is 177 Å². The predicted molar refractivity (Wildman–Crippen MR) is 99.5 cm³/mol. The van der Waals surface area contributed by atoms with Gasteiger partial charge in [-0.15, -0.1) is 0 Å². The van der Waals surface area contributed by atoms with Gasteiger partial charge in [0.05, 0.1) is 17.2 Å². The van der Waals surface area contributed by atoms with E-state index in [-0.39, 0.29) is 23.4 Å². The van der Waals surface area contributed by atoms with Crippen molar-refractivity contribution >= 4 is 18.5 Å². The fourth-order valence-electron chi connectivity index (χ4n) is 1.75. The highest BCUT2D eigenvalue weighted by Crippen LogP contribution is 2.08. The Morgan fingerprint density at radius 1 is 0.452 bits per heavy atom. The largest absolute Gasteiger partial charge is 3.00 e. The summed E-state index contributed by atoms with van der Waals surface area (Å²) >= 11 is 0. The van der Waals surface area contributed by atoms with Gasteiger partial charge in [-0.2, -0.15) is 0 Å². The van der Waals surface area contributed by atoms with Gasteiger partial charge in [0.2, 0.25) is 0 Å². The van der Waals surface area contributed by atoms with Gasteiger partial charge in [-0.3, -0.25) is 0 Å². The molecule has 0 N–H and O–H groups in total. The molecule has 3 rings (SSSR count). The Balaban J connectivity index is 0.000000429. The number of carbonyl (C=O) groups excluding carboxylic acids is 3. The highest BCUT2D eigenvalue weighted by atomic mass is 16.7. The van der Waals surface area contributed by atoms with Crippen LogP contribution >= 0.6 is 0 Å². The van der Waals surface area contributed by atoms with Crippen LogP contribution in [0, 0.1) is 0 Å². The van der Waals surface area contributed by atoms with Gasteiger partial charge in [-0.05, 0) is 36.4 Å². The van der Waals surface area contributed by atoms with E-state index < -0.39 is 18.5 Å². The van der Waals surface area contributed by atoms with Crippen LogP contribution in [0.5, 0.6) is 17.2 Å². The first-order valence-corrected chi connectivity index (χ1v) is 8.18. The molecule has 0 aromatic heterocycles. The second-order valence-corrected chi connectivity index (χ2v) is 5.00. The quantitative estimate of drug-likeness (QED) is 0.432. The smallest absolute Gasteiger partial charge is 0.514 e. The van der Waals surface area contributed by atoms with Crippen LogP contribution in [-0.2, 0) is 0 Å². The van der Waals surface area contributed by atoms with Crippen LogP contribution in [0.15, 0.2) is 91.0 Å². The average molecular weight is 425 g/mol. The van der Waals surface area contributed by atoms with E-state index in [1.54, 1.807) is 54.6 Å². The van der Waals surface area contributed by atoms with Crippen LogP contribution in [0.2, 0.25) is 0 Å². The third-order valence-electron chi connectivity index (χ3n) is 2.83. The molecule has 2 radical (unpaired) electrons. The molecule has 0 aliphatic rings. The molecule has 0 spiro atoms. The lowest BCUT2D eigenvalue weighted by atomic mass is 10.3. The molecule has 158 valence electrons. The Hall–Kier alpha value is -4.82. The fraction of sp³-hybridized carbons (Fsp3) is 0. The SMILES string of the molecule is O=C([O-])Oc1ccccc1.O=C([O-])Oc1ccccc1.O=C([O-])Oc1ccccc1.[N+3]. The zero-order valence-corrected chi connectivity index (χ0v) is 15.8. The molecule has 0 aliphatic carbocycles. The number of ether oxygens (including phenoxy) is 3. The molecule has 0 bridgehead atoms. The molecule has 3 aromatic rings. The van der Waals surface area contributed by atoms with Gasteiger partial charge in [0.25, 0.3) is 18.5 Å². The highest BCUT2D eigenvalue weighted by molar-refractivity contribution is 5.59. The van der Waals surface area contributed by atoms with Crippen molar-refractivity contribution < 1.29 is 43.9 Å². The summed E-state index contributed by atoms with van der Waals surface area (Å²) in [6.45, 7) is 0. The van der Waals surface area contributed by atoms with Gasteiger partial charge in [-0.1, -0.05) is 54.6 Å². The molecule has 31 heavy (non-hydrogen) atoms. The number of para-hydroxylation sites is 3. The van der Waals surface area contributed by atoms with Crippen molar-refractivity contribution in [2.24, 2.45) is 0 Å². The highest BCUT2D eigenvalue weighted by Gasteiger charge is 3.00. The maximum atomic E-state index is 9.84. The van der Waals surface area contributed by atoms with Crippen LogP contribution in [-0.4, -0.2) is 18.5 Å². The first-order valence-electron chi connectivity index (χ1n) is 8.18. The molecule has 0 unspecified atom stereocenters. The number of hydrogen-bond donors (Lipinski definition) is 0. The summed E-state index contributed by atoms with van der Waals surface area (Å²) in [6.07, 6.45) is -4.61. The second-order valence-electron chi connectivity index (χ2n) is 5.00. The van der Waals surface area contributed by atoms with E-state index in [1.807, 2.05) is 0 Å². The summed E-state index contributed by atoms with van der Waals surface area (Å²) < 4.78 is 12.7. The summed E-state index contributed by atoms with van der Waals surface area (Å²) in [4.78, 5) is 29.5. The van der Waals surface area contributed by atoms with E-state index in [0.29, 0.717) is 0 Å². The number of carboxylic acid groups (broad SMARTS) is 3. The predicted octanol–water partition coefficient (Wildman–Crippen LogP) is 0.745. The minimum Gasteiger partial charge on any atom is -0.514 e. The molecule has 0 fully saturated rings. The summed E-state index contributed by atoms with van der Waals surface area (Å²) in [5.74, 6) is 0.840. The molecule has 0 heterocycles. The Kier molecular flexibility index (Phi) is 12.8. The third-order valence-corrected chi connectivity index (χ3v) is 2.83. The molecular weight excluding hydrogens is 410 g/mol. The maximum absolute atomic E-state index is 9.84. The van der Waals surface area contributed by atoms with Crippen molar-refractivity contribution in [2.45, 2.75) is 0 Å². The van der Waals surface area contributed by atoms with Gasteiger partial charge in [0.1, 0.15) is 0 Å². The lowest BCUT2D eigenvalue weighted by Crippen LogP contribution is -2.26. The molecule has 0 aliphatic heterocycles. The molecule has 3 aromatic carbocycles. The van der Waals surface area contributed by atoms with Gasteiger partial charge in [-0.25, -0.2) is 0 Å². The van der Waals surface area contributed by atoms with Gasteiger partial charge >= 0.3 is 6.15 Å². The number of benzene rings is 3. The average Bonchev–Trinajstić information content (AvgIpc) is 2.70. The third kappa shape index (κ3) is 13.9. The lowest BCUT2D eigenvalue weighted by Gasteiger charge is -2.05. The molecule has 0 saturated heterocycles. The van der Waals surface area contributed by atoms with Crippen LogP contribution in [0.25, 0.3) is 0 Å². The van der Waals surface area contributed by atoms with E-state index in [1.165, 1.54) is 36.4 Å². The number of nitrogens with zero attached hydrogens (tertiary/aromatic N) is 1. The number of carbonyl (C=O) groups is 3. The van der Waals surface area contributed by atoms with Crippen molar-refractivity contribution in [3.8, 4) is 17.2 Å². The minimum absolute atomic E-state index is 0. The van der Waals surface area contributed by atoms with E-state index >= 15 is 0 Å². The van der Waals surface area contributed by atoms with Crippen molar-refractivity contribution in [2.75, 3.05) is 0 Å². The monoisotopic (exact) mass is 425 g/mol. The van der Waals surface area contributed by atoms with E-state index in [4.69, 9.17) is 0 Å². The van der Waals surface area contributed by atoms with E-state index in [2.05, 4.69) is 14.2 Å². The zero-order chi connectivity index (χ0) is 22.2. The van der Waals surface area contributed by atoms with Crippen LogP contribution in [0.4, 0.5) is 14.4 Å². The molecule has 0 atom stereocenters. The Morgan fingerprint density at radius 2 is 0.645 bits per heavy atom. The zero-order valence-electron chi connectivity index (χ0n) is 15.8. The van der Waals surface area contributed by atoms with Crippen molar-refractivity contribution in [1.82, 2.24) is 6.15 Å². The van der Waals surface area contributed by atoms with Gasteiger partial charge in [0, 0.05) is 0 Å². The molecular formula is C21H15NO9. The molecule has 10 heteroatoms. The molecule has 10 nitrogen and oxygen atoms in total. The Morgan fingerprint density at radius 3 is 0.806 bits per heavy atom. The van der Waals surface area contributed by atoms with Crippen LogP contribution < -0.4 is 35.7 Å². The van der Waals surface area contributed by atoms with Crippen LogP contribution in [0.1, 0.15) is 0 Å². The summed E-state index contributed by atoms with van der Waals surface area (Å²) in [7, 11) is 0. The van der Waals surface area contributed by atoms with Crippen LogP contribution in [0.3, 0.4) is 0 Å². The van der Waals surface area contributed by atoms with E-state index in [0.717, 1.165) is 0 Å². The van der Waals surface area contributed by atoms with Gasteiger partial charge in [0.15, 0.2) is 0 Å². The fourth-order valence-corrected chi connectivity index (χ4v) is 1.75. The summed E-state index contributed by atoms with van der Waals surface area (Å²) in [5.41, 5.74) is 0. The number of hydrogen-bond acceptors (Lipinski definition) is 9. The van der Waals surface area contributed by atoms with E-state index in [9.17, 15) is 29.7 Å².